The van der Waals surface area contributed by atoms with Crippen molar-refractivity contribution in [1.82, 2.24) is 10.6 Å². The van der Waals surface area contributed by atoms with Gasteiger partial charge in [0.1, 0.15) is 11.6 Å². The van der Waals surface area contributed by atoms with Gasteiger partial charge in [0.2, 0.25) is 9.84 Å². The van der Waals surface area contributed by atoms with Crippen LogP contribution in [0.15, 0.2) is 80.7 Å². The molecule has 13 nitrogen and oxygen atoms in total. The average molecular weight is 737 g/mol. The number of unbranched alkanes of at least 4 members (excludes halogenated alkanes) is 2. The van der Waals surface area contributed by atoms with Crippen molar-refractivity contribution >= 4 is 68.0 Å². The minimum Gasteiger partial charge on any atom is -0.494 e. The van der Waals surface area contributed by atoms with Crippen LogP contribution in [-0.2, 0) is 9.84 Å². The van der Waals surface area contributed by atoms with Crippen LogP contribution in [0, 0.1) is 17.7 Å². The Labute approximate surface area is 299 Å². The van der Waals surface area contributed by atoms with E-state index in [9.17, 15) is 18.0 Å². The summed E-state index contributed by atoms with van der Waals surface area (Å²) in [7, 11) is -2.41. The molecule has 4 rings (SSSR count). The van der Waals surface area contributed by atoms with Crippen molar-refractivity contribution in [2.24, 2.45) is 11.5 Å². The number of nitrogens with one attached hydrogen (secondary N) is 6. The summed E-state index contributed by atoms with van der Waals surface area (Å²) < 4.78 is 33.9. The highest BCUT2D eigenvalue weighted by Crippen LogP contribution is 2.39. The van der Waals surface area contributed by atoms with Crippen LogP contribution in [-0.4, -0.2) is 58.6 Å². The number of guanidine groups is 1. The molecule has 50 heavy (non-hydrogen) atoms. The van der Waals surface area contributed by atoms with E-state index >= 15 is 0 Å². The quantitative estimate of drug-likeness (QED) is 0.0329. The van der Waals surface area contributed by atoms with Crippen molar-refractivity contribution in [1.29, 1.82) is 10.8 Å². The van der Waals surface area contributed by atoms with Crippen LogP contribution >= 0.6 is 23.1 Å². The summed E-state index contributed by atoms with van der Waals surface area (Å²) in [5.41, 5.74) is 14.5. The summed E-state index contributed by atoms with van der Waals surface area (Å²) in [5.74, 6) is 0.0194. The van der Waals surface area contributed by atoms with E-state index in [1.165, 1.54) is 23.9 Å². The van der Waals surface area contributed by atoms with Crippen LogP contribution in [0.1, 0.15) is 40.1 Å². The van der Waals surface area contributed by atoms with E-state index in [0.29, 0.717) is 68.0 Å². The first-order valence-corrected chi connectivity index (χ1v) is 19.0. The number of nitrogens with two attached hydrogens (primary N) is 2. The highest BCUT2D eigenvalue weighted by molar-refractivity contribution is 8.01. The van der Waals surface area contributed by atoms with Crippen molar-refractivity contribution in [2.75, 3.05) is 37.1 Å². The second kappa shape index (κ2) is 17.0. The fourth-order valence-corrected chi connectivity index (χ4v) is 8.97. The molecule has 0 saturated carbocycles. The third kappa shape index (κ3) is 9.55. The van der Waals surface area contributed by atoms with E-state index in [-0.39, 0.29) is 27.5 Å². The number of urea groups is 1. The number of amides is 3. The van der Waals surface area contributed by atoms with Crippen molar-refractivity contribution < 1.29 is 22.7 Å². The lowest BCUT2D eigenvalue weighted by Gasteiger charge is -2.18. The van der Waals surface area contributed by atoms with Gasteiger partial charge >= 0.3 is 6.03 Å². The zero-order valence-electron chi connectivity index (χ0n) is 27.8. The van der Waals surface area contributed by atoms with Gasteiger partial charge in [-0.2, -0.15) is 0 Å². The standard InChI is InChI=1S/C34H40N8O5S3/c1-20-16-23(41-33(37)38)18-26(42-34(44)40-14-5-4-6-15-47-24-12-10-21(11-13-24)31(43)39-2)29(20)22-8-7-9-25(17-22)50(45,46)28-19-27(30(35)36)49-32(28)48-3/h7-13,16-19H,4-6,14-15H2,1-3H3,(H3,35,36)(H,39,43)(H4,37,38,41)(H2,40,42,44). The van der Waals surface area contributed by atoms with Crippen LogP contribution in [0.3, 0.4) is 0 Å². The second-order valence-electron chi connectivity index (χ2n) is 11.1. The normalized spacial score (nSPS) is 11.0. The number of ether oxygens (including phenoxy) is 1. The van der Waals surface area contributed by atoms with Crippen molar-refractivity contribution in [3.63, 3.8) is 0 Å². The van der Waals surface area contributed by atoms with E-state index in [2.05, 4.69) is 21.3 Å². The number of anilines is 2. The number of aryl methyl sites for hydroxylation is 1. The van der Waals surface area contributed by atoms with Gasteiger partial charge in [-0.3, -0.25) is 15.6 Å². The molecule has 0 aliphatic carbocycles. The van der Waals surface area contributed by atoms with E-state index in [0.717, 1.165) is 24.2 Å². The van der Waals surface area contributed by atoms with E-state index < -0.39 is 15.9 Å². The zero-order valence-corrected chi connectivity index (χ0v) is 30.3. The van der Waals surface area contributed by atoms with Gasteiger partial charge in [0.25, 0.3) is 5.91 Å². The number of thioether (sulfide) groups is 1. The van der Waals surface area contributed by atoms with Gasteiger partial charge in [0, 0.05) is 30.4 Å². The Morgan fingerprint density at radius 3 is 2.36 bits per heavy atom. The van der Waals surface area contributed by atoms with Crippen LogP contribution in [0.5, 0.6) is 5.75 Å². The monoisotopic (exact) mass is 736 g/mol. The number of rotatable bonds is 15. The molecule has 4 aromatic rings. The average Bonchev–Trinajstić information content (AvgIpc) is 3.54. The maximum atomic E-state index is 13.8. The van der Waals surface area contributed by atoms with Crippen molar-refractivity contribution in [3.8, 4) is 16.9 Å². The minimum absolute atomic E-state index is 0.0452. The summed E-state index contributed by atoms with van der Waals surface area (Å²) in [6, 6.07) is 17.7. The van der Waals surface area contributed by atoms with Crippen LogP contribution in [0.25, 0.3) is 11.1 Å². The van der Waals surface area contributed by atoms with Crippen LogP contribution in [0.2, 0.25) is 0 Å². The van der Waals surface area contributed by atoms with Crippen molar-refractivity contribution in [2.45, 2.75) is 40.2 Å². The second-order valence-corrected chi connectivity index (χ2v) is 15.1. The molecule has 1 heterocycles. The molecular formula is C34H40N8O5S3. The van der Waals surface area contributed by atoms with Crippen molar-refractivity contribution in [3.05, 3.63) is 82.7 Å². The molecule has 0 aliphatic rings. The molecule has 0 bridgehead atoms. The minimum atomic E-state index is -3.98. The summed E-state index contributed by atoms with van der Waals surface area (Å²) >= 11 is 2.42. The zero-order chi connectivity index (χ0) is 36.4. The smallest absolute Gasteiger partial charge is 0.319 e. The van der Waals surface area contributed by atoms with Crippen LogP contribution in [0.4, 0.5) is 16.2 Å². The number of carbonyl (C=O) groups excluding carboxylic acids is 2. The summed E-state index contributed by atoms with van der Waals surface area (Å²) in [6.07, 6.45) is 4.04. The molecule has 0 fully saturated rings. The molecule has 3 aromatic carbocycles. The highest BCUT2D eigenvalue weighted by atomic mass is 32.2. The first-order valence-electron chi connectivity index (χ1n) is 15.5. The Hall–Kier alpha value is -5.06. The first-order chi connectivity index (χ1) is 23.8. The first kappa shape index (κ1) is 37.8. The fourth-order valence-electron chi connectivity index (χ4n) is 5.07. The maximum Gasteiger partial charge on any atom is 0.319 e. The topological polar surface area (TPSA) is 225 Å². The Morgan fingerprint density at radius 1 is 0.960 bits per heavy atom. The molecule has 0 aliphatic heterocycles. The third-order valence-corrected chi connectivity index (χ3v) is 11.8. The molecule has 0 atom stereocenters. The number of benzene rings is 3. The van der Waals surface area contributed by atoms with E-state index in [1.54, 1.807) is 67.9 Å². The molecule has 0 unspecified atom stereocenters. The molecule has 3 amide bonds. The summed E-state index contributed by atoms with van der Waals surface area (Å²) in [4.78, 5) is 25.2. The summed E-state index contributed by atoms with van der Waals surface area (Å²) in [6.45, 7) is 2.70. The predicted octanol–water partition coefficient (Wildman–Crippen LogP) is 5.60. The van der Waals surface area contributed by atoms with E-state index in [4.69, 9.17) is 27.0 Å². The van der Waals surface area contributed by atoms with Gasteiger partial charge < -0.3 is 37.5 Å². The predicted molar refractivity (Wildman–Crippen MR) is 201 cm³/mol. The fraction of sp³-hybridized carbons (Fsp3) is 0.235. The molecular weight excluding hydrogens is 697 g/mol. The third-order valence-electron chi connectivity index (χ3n) is 7.42. The maximum absolute atomic E-state index is 13.8. The van der Waals surface area contributed by atoms with E-state index in [1.807, 2.05) is 6.92 Å². The summed E-state index contributed by atoms with van der Waals surface area (Å²) in [5, 5.41) is 26.5. The highest BCUT2D eigenvalue weighted by Gasteiger charge is 2.26. The van der Waals surface area contributed by atoms with Gasteiger partial charge in [-0.15, -0.1) is 23.1 Å². The lowest BCUT2D eigenvalue weighted by atomic mass is 9.97. The Kier molecular flexibility index (Phi) is 12.9. The molecule has 0 saturated heterocycles. The number of thiophene rings is 1. The lowest BCUT2D eigenvalue weighted by Crippen LogP contribution is -2.30. The molecule has 264 valence electrons. The molecule has 1 aromatic heterocycles. The molecule has 10 N–H and O–H groups in total. The largest absolute Gasteiger partial charge is 0.494 e. The van der Waals surface area contributed by atoms with Gasteiger partial charge in [-0.1, -0.05) is 12.1 Å². The van der Waals surface area contributed by atoms with Gasteiger partial charge in [0.15, 0.2) is 5.96 Å². The molecule has 0 spiro atoms. The number of nitrogen functional groups attached to an aromatic ring is 1. The van der Waals surface area contributed by atoms with Gasteiger partial charge in [-0.25, -0.2) is 13.2 Å². The number of sulfone groups is 1. The van der Waals surface area contributed by atoms with Gasteiger partial charge in [0.05, 0.1) is 31.2 Å². The van der Waals surface area contributed by atoms with Gasteiger partial charge in [-0.05, 0) is 98.2 Å². The molecule has 16 heteroatoms. The SMILES string of the molecule is CNC(=O)c1ccc(OCCCCCNC(=O)Nc2cc(NC(=N)N)cc(C)c2-c2cccc(S(=O)(=O)c3cc(C(=N)N)sc3SC)c2)cc1. The number of hydrogen-bond donors (Lipinski definition) is 8. The van der Waals surface area contributed by atoms with Crippen LogP contribution < -0.4 is 37.5 Å². The Bertz CT molecular complexity index is 2000. The molecule has 0 radical (unpaired) electrons. The number of hydrogen-bond acceptors (Lipinski definition) is 9. The lowest BCUT2D eigenvalue weighted by molar-refractivity contribution is 0.0963. The number of amidine groups is 1. The Balaban J connectivity index is 1.45. The Morgan fingerprint density at radius 2 is 1.70 bits per heavy atom. The number of carbonyl (C=O) groups is 2.